The molecule has 1 aliphatic heterocycles. The highest BCUT2D eigenvalue weighted by Gasteiger charge is 2.43. The fourth-order valence-corrected chi connectivity index (χ4v) is 6.72. The number of aliphatic hydroxyl groups is 1. The van der Waals surface area contributed by atoms with E-state index in [1.807, 2.05) is 30.3 Å². The van der Waals surface area contributed by atoms with Crippen LogP contribution in [0.15, 0.2) is 97.1 Å². The maximum Gasteiger partial charge on any atom is 0.356 e. The zero-order valence-corrected chi connectivity index (χ0v) is 22.9. The number of benzene rings is 4. The minimum atomic E-state index is -4.37. The normalized spacial score (nSPS) is 18.2. The quantitative estimate of drug-likeness (QED) is 0.181. The van der Waals surface area contributed by atoms with Gasteiger partial charge in [-0.15, -0.1) is 0 Å². The van der Waals surface area contributed by atoms with Crippen molar-refractivity contribution in [1.29, 1.82) is 0 Å². The first-order chi connectivity index (χ1) is 19.1. The summed E-state index contributed by atoms with van der Waals surface area (Å²) in [6, 6.07) is 25.3. The van der Waals surface area contributed by atoms with Crippen LogP contribution in [0.2, 0.25) is 0 Å². The molecule has 4 aromatic carbocycles. The first kappa shape index (κ1) is 28.1. The van der Waals surface area contributed by atoms with Gasteiger partial charge in [0.15, 0.2) is 0 Å². The maximum atomic E-state index is 13.3. The molecule has 40 heavy (non-hydrogen) atoms. The molecule has 0 spiro atoms. The second-order valence-electron chi connectivity index (χ2n) is 9.58. The number of amides is 1. The predicted octanol–water partition coefficient (Wildman–Crippen LogP) is 6.30. The summed E-state index contributed by atoms with van der Waals surface area (Å²) in [6.07, 6.45) is -0.0520. The molecule has 1 amide bonds. The Balaban J connectivity index is 1.45. The van der Waals surface area contributed by atoms with Gasteiger partial charge in [0.2, 0.25) is 0 Å². The molecule has 1 saturated heterocycles. The summed E-state index contributed by atoms with van der Waals surface area (Å²) in [5.41, 5.74) is 3.12. The summed E-state index contributed by atoms with van der Waals surface area (Å²) in [5.74, 6) is -0.412. The lowest BCUT2D eigenvalue weighted by atomic mass is 9.93. The molecular formula is C30H27FNO6PS. The van der Waals surface area contributed by atoms with Crippen molar-refractivity contribution in [2.24, 2.45) is 0 Å². The van der Waals surface area contributed by atoms with Gasteiger partial charge in [-0.2, -0.15) is 0 Å². The third kappa shape index (κ3) is 5.99. The molecule has 0 aliphatic carbocycles. The number of carbonyl (C=O) groups excluding carboxylic acids is 1. The number of nitrogens with zero attached hydrogens (tertiary/aromatic N) is 1. The molecule has 7 nitrogen and oxygen atoms in total. The fraction of sp³-hybridized carbons (Fsp3) is 0.167. The first-order valence-electron chi connectivity index (χ1n) is 12.6. The first-order valence-corrected chi connectivity index (χ1v) is 15.1. The van der Waals surface area contributed by atoms with Gasteiger partial charge >= 0.3 is 7.60 Å². The third-order valence-electron chi connectivity index (χ3n) is 6.98. The van der Waals surface area contributed by atoms with Crippen LogP contribution in [0.1, 0.15) is 36.1 Å². The smallest absolute Gasteiger partial charge is 0.356 e. The van der Waals surface area contributed by atoms with Gasteiger partial charge in [-0.05, 0) is 72.0 Å². The van der Waals surface area contributed by atoms with Crippen molar-refractivity contribution in [3.05, 3.63) is 114 Å². The summed E-state index contributed by atoms with van der Waals surface area (Å²) in [5, 5.41) is 21.4. The predicted molar refractivity (Wildman–Crippen MR) is 154 cm³/mol. The van der Waals surface area contributed by atoms with E-state index in [0.717, 1.165) is 11.8 Å². The maximum absolute atomic E-state index is 13.3. The SMILES string of the molecule is O=C1SC(CCC(O)c2ccc(F)cc2)C(c2ccc(-c3ccc(P(=O)(O)O)cc3)cc2O)N1c1ccccc1. The second-order valence-corrected chi connectivity index (χ2v) is 12.4. The highest BCUT2D eigenvalue weighted by Crippen LogP contribution is 2.49. The standard InChI is InChI=1S/C30H27FNO6PS/c31-22-11-6-20(7-12-22)26(33)16-17-28-29(32(30(35)40-28)23-4-2-1-3-5-23)25-15-10-21(18-27(25)34)19-8-13-24(14-9-19)39(36,37)38/h1-15,18,26,28-29,33-34H,16-17H2,(H2,36,37,38). The summed E-state index contributed by atoms with van der Waals surface area (Å²) >= 11 is 1.16. The Morgan fingerprint density at radius 1 is 0.900 bits per heavy atom. The molecule has 0 aromatic heterocycles. The molecule has 1 fully saturated rings. The molecule has 5 rings (SSSR count). The van der Waals surface area contributed by atoms with E-state index >= 15 is 0 Å². The van der Waals surface area contributed by atoms with E-state index in [2.05, 4.69) is 0 Å². The van der Waals surface area contributed by atoms with Crippen LogP contribution in [0, 0.1) is 5.82 Å². The Hall–Kier alpha value is -3.46. The van der Waals surface area contributed by atoms with E-state index in [-0.39, 0.29) is 27.4 Å². The van der Waals surface area contributed by atoms with Crippen molar-refractivity contribution < 1.29 is 33.7 Å². The van der Waals surface area contributed by atoms with Crippen LogP contribution in [-0.2, 0) is 4.57 Å². The average Bonchev–Trinajstić information content (AvgIpc) is 3.27. The fourth-order valence-electron chi connectivity index (χ4n) is 4.94. The van der Waals surface area contributed by atoms with Gasteiger partial charge in [0.1, 0.15) is 11.6 Å². The van der Waals surface area contributed by atoms with Gasteiger partial charge in [0.05, 0.1) is 17.5 Å². The molecule has 0 bridgehead atoms. The summed E-state index contributed by atoms with van der Waals surface area (Å²) < 4.78 is 24.8. The lowest BCUT2D eigenvalue weighted by Crippen LogP contribution is -2.29. The van der Waals surface area contributed by atoms with E-state index in [1.165, 1.54) is 36.4 Å². The number of thioether (sulfide) groups is 1. The minimum absolute atomic E-state index is 0.0260. The van der Waals surface area contributed by atoms with Crippen LogP contribution in [-0.4, -0.2) is 30.5 Å². The summed E-state index contributed by atoms with van der Waals surface area (Å²) in [7, 11) is -4.37. The molecule has 3 atom stereocenters. The Bertz CT molecular complexity index is 1550. The number of aromatic hydroxyl groups is 1. The van der Waals surface area contributed by atoms with Crippen molar-refractivity contribution in [1.82, 2.24) is 0 Å². The Kier molecular flexibility index (Phi) is 8.12. The molecule has 10 heteroatoms. The molecular weight excluding hydrogens is 552 g/mol. The van der Waals surface area contributed by atoms with Crippen LogP contribution in [0.5, 0.6) is 5.75 Å². The lowest BCUT2D eigenvalue weighted by molar-refractivity contribution is 0.163. The van der Waals surface area contributed by atoms with Crippen LogP contribution in [0.25, 0.3) is 11.1 Å². The number of para-hydroxylation sites is 1. The molecule has 0 saturated carbocycles. The van der Waals surface area contributed by atoms with E-state index < -0.39 is 19.7 Å². The molecule has 3 unspecified atom stereocenters. The molecule has 1 aliphatic rings. The monoisotopic (exact) mass is 579 g/mol. The highest BCUT2D eigenvalue weighted by atomic mass is 32.2. The topological polar surface area (TPSA) is 118 Å². The number of phenols is 1. The van der Waals surface area contributed by atoms with Gasteiger partial charge in [-0.1, -0.05) is 66.4 Å². The second kappa shape index (κ2) is 11.6. The van der Waals surface area contributed by atoms with E-state index in [4.69, 9.17) is 0 Å². The number of phenolic OH excluding ortho intramolecular Hbond substituents is 1. The minimum Gasteiger partial charge on any atom is -0.508 e. The van der Waals surface area contributed by atoms with E-state index in [1.54, 1.807) is 35.2 Å². The molecule has 0 radical (unpaired) electrons. The van der Waals surface area contributed by atoms with E-state index in [9.17, 15) is 33.7 Å². The zero-order chi connectivity index (χ0) is 28.4. The van der Waals surface area contributed by atoms with Crippen molar-refractivity contribution in [3.63, 3.8) is 0 Å². The number of halogens is 1. The number of aliphatic hydroxyl groups excluding tert-OH is 1. The third-order valence-corrected chi connectivity index (χ3v) is 9.14. The Morgan fingerprint density at radius 3 is 2.17 bits per heavy atom. The zero-order valence-electron chi connectivity index (χ0n) is 21.2. The number of carbonyl (C=O) groups is 1. The van der Waals surface area contributed by atoms with Crippen molar-refractivity contribution in [2.45, 2.75) is 30.2 Å². The van der Waals surface area contributed by atoms with Crippen LogP contribution >= 0.6 is 19.4 Å². The van der Waals surface area contributed by atoms with Gasteiger partial charge in [-0.25, -0.2) is 4.39 Å². The summed E-state index contributed by atoms with van der Waals surface area (Å²) in [6.45, 7) is 0. The molecule has 4 aromatic rings. The van der Waals surface area contributed by atoms with Gasteiger partial charge < -0.3 is 20.0 Å². The molecule has 206 valence electrons. The van der Waals surface area contributed by atoms with Crippen LogP contribution in [0.3, 0.4) is 0 Å². The van der Waals surface area contributed by atoms with Crippen molar-refractivity contribution in [3.8, 4) is 16.9 Å². The lowest BCUT2D eigenvalue weighted by Gasteiger charge is -2.29. The number of anilines is 1. The van der Waals surface area contributed by atoms with Crippen LogP contribution < -0.4 is 10.2 Å². The van der Waals surface area contributed by atoms with Crippen molar-refractivity contribution >= 4 is 35.6 Å². The highest BCUT2D eigenvalue weighted by molar-refractivity contribution is 8.14. The number of hydrogen-bond acceptors (Lipinski definition) is 5. The Labute approximate surface area is 235 Å². The molecule has 1 heterocycles. The van der Waals surface area contributed by atoms with Gasteiger partial charge in [-0.3, -0.25) is 14.3 Å². The number of rotatable bonds is 8. The Morgan fingerprint density at radius 2 is 1.55 bits per heavy atom. The van der Waals surface area contributed by atoms with Gasteiger partial charge in [0, 0.05) is 16.5 Å². The average molecular weight is 580 g/mol. The van der Waals surface area contributed by atoms with Gasteiger partial charge in [0.25, 0.3) is 5.24 Å². The largest absolute Gasteiger partial charge is 0.508 e. The molecule has 4 N–H and O–H groups in total. The number of hydrogen-bond donors (Lipinski definition) is 4. The summed E-state index contributed by atoms with van der Waals surface area (Å²) in [4.78, 5) is 33.7. The van der Waals surface area contributed by atoms with Crippen LogP contribution in [0.4, 0.5) is 14.9 Å². The van der Waals surface area contributed by atoms with E-state index in [0.29, 0.717) is 40.8 Å². The van der Waals surface area contributed by atoms with Crippen molar-refractivity contribution in [2.75, 3.05) is 4.90 Å².